The van der Waals surface area contributed by atoms with Crippen LogP contribution in [-0.4, -0.2) is 38.7 Å². The highest BCUT2D eigenvalue weighted by molar-refractivity contribution is 5.97. The molecule has 0 saturated carbocycles. The van der Waals surface area contributed by atoms with Crippen molar-refractivity contribution in [1.29, 1.82) is 0 Å². The summed E-state index contributed by atoms with van der Waals surface area (Å²) in [5.41, 5.74) is 0.701. The van der Waals surface area contributed by atoms with E-state index in [1.54, 1.807) is 19.2 Å². The molecular formula is C12H15NO3. The molecule has 1 aromatic rings. The zero-order chi connectivity index (χ0) is 11.4. The lowest BCUT2D eigenvalue weighted by atomic mass is 10.1. The largest absolute Gasteiger partial charge is 0.486 e. The van der Waals surface area contributed by atoms with Crippen LogP contribution in [0.4, 0.5) is 0 Å². The Morgan fingerprint density at radius 2 is 2.12 bits per heavy atom. The van der Waals surface area contributed by atoms with E-state index in [-0.39, 0.29) is 11.9 Å². The van der Waals surface area contributed by atoms with Crippen LogP contribution in [-0.2, 0) is 4.74 Å². The number of ketones is 1. The van der Waals surface area contributed by atoms with Gasteiger partial charge >= 0.3 is 0 Å². The predicted octanol–water partition coefficient (Wildman–Crippen LogP) is 0.866. The molecule has 0 atom stereocenters. The van der Waals surface area contributed by atoms with E-state index < -0.39 is 0 Å². The van der Waals surface area contributed by atoms with E-state index in [2.05, 4.69) is 5.32 Å². The number of nitrogens with one attached hydrogen (secondary N) is 1. The molecule has 16 heavy (non-hydrogen) atoms. The Kier molecular flexibility index (Phi) is 3.54. The average molecular weight is 221 g/mol. The van der Waals surface area contributed by atoms with Crippen LogP contribution in [0.2, 0.25) is 0 Å². The van der Waals surface area contributed by atoms with Crippen molar-refractivity contribution in [3.63, 3.8) is 0 Å². The van der Waals surface area contributed by atoms with Crippen molar-refractivity contribution in [2.45, 2.75) is 6.10 Å². The molecule has 1 aliphatic rings. The fraction of sp³-hybridized carbons (Fsp3) is 0.417. The van der Waals surface area contributed by atoms with Crippen molar-refractivity contribution >= 4 is 5.78 Å². The van der Waals surface area contributed by atoms with E-state index in [4.69, 9.17) is 9.47 Å². The van der Waals surface area contributed by atoms with Crippen LogP contribution in [0, 0.1) is 0 Å². The number of carbonyl (C=O) groups excluding carboxylic acids is 1. The highest BCUT2D eigenvalue weighted by Gasteiger charge is 2.19. The number of hydrogen-bond acceptors (Lipinski definition) is 4. The third kappa shape index (κ3) is 2.59. The maximum absolute atomic E-state index is 11.5. The molecule has 4 nitrogen and oxygen atoms in total. The van der Waals surface area contributed by atoms with Gasteiger partial charge in [0.15, 0.2) is 5.78 Å². The summed E-state index contributed by atoms with van der Waals surface area (Å²) in [6, 6.07) is 7.21. The molecule has 2 rings (SSSR count). The first-order valence-corrected chi connectivity index (χ1v) is 5.32. The van der Waals surface area contributed by atoms with Crippen LogP contribution in [0.25, 0.3) is 0 Å². The minimum absolute atomic E-state index is 0.0843. The first-order valence-electron chi connectivity index (χ1n) is 5.32. The van der Waals surface area contributed by atoms with Crippen LogP contribution in [0.15, 0.2) is 24.3 Å². The van der Waals surface area contributed by atoms with Gasteiger partial charge in [-0.1, -0.05) is 0 Å². The molecule has 0 unspecified atom stereocenters. The normalized spacial score (nSPS) is 15.6. The van der Waals surface area contributed by atoms with Crippen LogP contribution < -0.4 is 10.1 Å². The number of ether oxygens (including phenoxy) is 2. The molecule has 0 bridgehead atoms. The van der Waals surface area contributed by atoms with Crippen LogP contribution in [0.3, 0.4) is 0 Å². The zero-order valence-corrected chi connectivity index (χ0v) is 9.23. The van der Waals surface area contributed by atoms with Gasteiger partial charge in [0.2, 0.25) is 0 Å². The summed E-state index contributed by atoms with van der Waals surface area (Å²) in [6.45, 7) is 1.66. The highest BCUT2D eigenvalue weighted by atomic mass is 16.6. The molecule has 0 radical (unpaired) electrons. The van der Waals surface area contributed by atoms with Crippen molar-refractivity contribution in [1.82, 2.24) is 5.32 Å². The minimum Gasteiger partial charge on any atom is -0.486 e. The van der Waals surface area contributed by atoms with Crippen LogP contribution in [0.5, 0.6) is 5.75 Å². The van der Waals surface area contributed by atoms with Gasteiger partial charge in [-0.15, -0.1) is 0 Å². The summed E-state index contributed by atoms with van der Waals surface area (Å²) in [5, 5.41) is 2.83. The standard InChI is InChI=1S/C12H15NO3/c1-13-6-12(14)9-2-4-10(5-3-9)16-11-7-15-8-11/h2-5,11,13H,6-8H2,1H3. The molecular weight excluding hydrogens is 206 g/mol. The summed E-state index contributed by atoms with van der Waals surface area (Å²) in [6.07, 6.45) is 0.166. The lowest BCUT2D eigenvalue weighted by Gasteiger charge is -2.26. The Hall–Kier alpha value is -1.39. The Bertz CT molecular complexity index is 357. The van der Waals surface area contributed by atoms with Crippen LogP contribution >= 0.6 is 0 Å². The number of Topliss-reactive ketones (excluding diaryl/α,β-unsaturated/α-hetero) is 1. The van der Waals surface area contributed by atoms with Gasteiger partial charge in [-0.05, 0) is 31.3 Å². The van der Waals surface area contributed by atoms with E-state index in [1.165, 1.54) is 0 Å². The first kappa shape index (κ1) is 11.1. The first-order chi connectivity index (χ1) is 7.79. The number of hydrogen-bond donors (Lipinski definition) is 1. The Labute approximate surface area is 94.6 Å². The molecule has 1 N–H and O–H groups in total. The molecule has 1 aliphatic heterocycles. The number of rotatable bonds is 5. The second-order valence-electron chi connectivity index (χ2n) is 3.76. The maximum Gasteiger partial charge on any atom is 0.176 e. The van der Waals surface area contributed by atoms with E-state index in [1.807, 2.05) is 12.1 Å². The third-order valence-electron chi connectivity index (χ3n) is 2.42. The summed E-state index contributed by atoms with van der Waals surface area (Å²) in [7, 11) is 1.76. The average Bonchev–Trinajstić information content (AvgIpc) is 2.25. The SMILES string of the molecule is CNCC(=O)c1ccc(OC2COC2)cc1. The number of benzene rings is 1. The molecule has 0 spiro atoms. The van der Waals surface area contributed by atoms with Crippen LogP contribution in [0.1, 0.15) is 10.4 Å². The van der Waals surface area contributed by atoms with Gasteiger partial charge in [-0.25, -0.2) is 0 Å². The summed E-state index contributed by atoms with van der Waals surface area (Å²) < 4.78 is 10.6. The van der Waals surface area contributed by atoms with E-state index in [0.717, 1.165) is 5.75 Å². The second-order valence-corrected chi connectivity index (χ2v) is 3.76. The van der Waals surface area contributed by atoms with Gasteiger partial charge in [-0.2, -0.15) is 0 Å². The lowest BCUT2D eigenvalue weighted by molar-refractivity contribution is -0.0796. The van der Waals surface area contributed by atoms with Gasteiger partial charge < -0.3 is 14.8 Å². The molecule has 0 aromatic heterocycles. The van der Waals surface area contributed by atoms with Gasteiger partial charge in [0.25, 0.3) is 0 Å². The Morgan fingerprint density at radius 3 is 2.62 bits per heavy atom. The monoisotopic (exact) mass is 221 g/mol. The summed E-state index contributed by atoms with van der Waals surface area (Å²) in [5.74, 6) is 0.871. The van der Waals surface area contributed by atoms with Gasteiger partial charge in [0, 0.05) is 5.56 Å². The molecule has 1 aromatic carbocycles. The Balaban J connectivity index is 1.95. The molecule has 1 saturated heterocycles. The zero-order valence-electron chi connectivity index (χ0n) is 9.23. The quantitative estimate of drug-likeness (QED) is 0.749. The number of likely N-dealkylation sites (N-methyl/N-ethyl adjacent to an activating group) is 1. The fourth-order valence-corrected chi connectivity index (χ4v) is 1.46. The van der Waals surface area contributed by atoms with Crippen molar-refractivity contribution in [2.24, 2.45) is 0 Å². The van der Waals surface area contributed by atoms with Crippen molar-refractivity contribution in [3.05, 3.63) is 29.8 Å². The maximum atomic E-state index is 11.5. The molecule has 4 heteroatoms. The molecule has 0 aliphatic carbocycles. The van der Waals surface area contributed by atoms with Gasteiger partial charge in [0.05, 0.1) is 19.8 Å². The van der Waals surface area contributed by atoms with Crippen molar-refractivity contribution < 1.29 is 14.3 Å². The molecule has 1 heterocycles. The van der Waals surface area contributed by atoms with Gasteiger partial charge in [-0.3, -0.25) is 4.79 Å². The summed E-state index contributed by atoms with van der Waals surface area (Å²) in [4.78, 5) is 11.5. The Morgan fingerprint density at radius 1 is 1.44 bits per heavy atom. The molecule has 1 fully saturated rings. The van der Waals surface area contributed by atoms with Gasteiger partial charge in [0.1, 0.15) is 11.9 Å². The highest BCUT2D eigenvalue weighted by Crippen LogP contribution is 2.16. The van der Waals surface area contributed by atoms with E-state index >= 15 is 0 Å². The second kappa shape index (κ2) is 5.09. The minimum atomic E-state index is 0.0843. The van der Waals surface area contributed by atoms with E-state index in [0.29, 0.717) is 25.3 Å². The van der Waals surface area contributed by atoms with E-state index in [9.17, 15) is 4.79 Å². The lowest BCUT2D eigenvalue weighted by Crippen LogP contribution is -2.38. The smallest absolute Gasteiger partial charge is 0.176 e. The fourth-order valence-electron chi connectivity index (χ4n) is 1.46. The molecule has 0 amide bonds. The topological polar surface area (TPSA) is 47.6 Å². The third-order valence-corrected chi connectivity index (χ3v) is 2.42. The summed E-state index contributed by atoms with van der Waals surface area (Å²) >= 11 is 0. The predicted molar refractivity (Wildman–Crippen MR) is 59.9 cm³/mol. The van der Waals surface area contributed by atoms with Crippen molar-refractivity contribution in [3.8, 4) is 5.75 Å². The van der Waals surface area contributed by atoms with Crippen molar-refractivity contribution in [2.75, 3.05) is 26.8 Å². The number of carbonyl (C=O) groups is 1. The molecule has 86 valence electrons.